The average Bonchev–Trinajstić information content (AvgIpc) is 2.86. The van der Waals surface area contributed by atoms with Crippen molar-refractivity contribution in [1.82, 2.24) is 9.21 Å². The number of sulfonamides is 1. The van der Waals surface area contributed by atoms with E-state index in [1.807, 2.05) is 0 Å². The quantitative estimate of drug-likeness (QED) is 0.814. The maximum Gasteiger partial charge on any atom is 0.218 e. The minimum absolute atomic E-state index is 0.0680. The van der Waals surface area contributed by atoms with E-state index in [0.717, 1.165) is 18.4 Å². The van der Waals surface area contributed by atoms with Gasteiger partial charge in [0.2, 0.25) is 10.0 Å². The van der Waals surface area contributed by atoms with Gasteiger partial charge in [-0.15, -0.1) is 0 Å². The molecule has 2 aliphatic heterocycles. The summed E-state index contributed by atoms with van der Waals surface area (Å²) in [5.41, 5.74) is 0.800. The summed E-state index contributed by atoms with van der Waals surface area (Å²) in [6.45, 7) is 3.67. The third kappa shape index (κ3) is 4.72. The van der Waals surface area contributed by atoms with Gasteiger partial charge in [-0.3, -0.25) is 0 Å². The van der Waals surface area contributed by atoms with Gasteiger partial charge < -0.3 is 4.90 Å². The molecule has 1 aromatic rings. The van der Waals surface area contributed by atoms with Crippen molar-refractivity contribution in [3.05, 3.63) is 34.9 Å². The fraction of sp³-hybridized carbons (Fsp3) is 0.667. The highest BCUT2D eigenvalue weighted by Gasteiger charge is 2.30. The number of piperidine rings is 1. The number of likely N-dealkylation sites (tertiary alicyclic amines) is 1. The van der Waals surface area contributed by atoms with Gasteiger partial charge in [0, 0.05) is 24.2 Å². The summed E-state index contributed by atoms with van der Waals surface area (Å²) >= 11 is 5.87. The van der Waals surface area contributed by atoms with Crippen molar-refractivity contribution in [1.29, 1.82) is 0 Å². The molecule has 0 N–H and O–H groups in total. The van der Waals surface area contributed by atoms with Crippen LogP contribution in [-0.4, -0.2) is 49.8 Å². The zero-order chi connectivity index (χ0) is 17.0. The molecule has 2 heterocycles. The van der Waals surface area contributed by atoms with Gasteiger partial charge in [0.25, 0.3) is 0 Å². The molecule has 2 aliphatic rings. The summed E-state index contributed by atoms with van der Waals surface area (Å²) in [4.78, 5) is 2.59. The first-order chi connectivity index (χ1) is 11.5. The van der Waals surface area contributed by atoms with Crippen LogP contribution in [0, 0.1) is 0 Å². The number of rotatable bonds is 4. The van der Waals surface area contributed by atoms with E-state index in [1.54, 1.807) is 28.6 Å². The highest BCUT2D eigenvalue weighted by Crippen LogP contribution is 2.23. The van der Waals surface area contributed by atoms with E-state index in [4.69, 9.17) is 11.6 Å². The average molecular weight is 371 g/mol. The van der Waals surface area contributed by atoms with Gasteiger partial charge in [-0.1, -0.05) is 36.6 Å². The van der Waals surface area contributed by atoms with Crippen LogP contribution >= 0.6 is 11.6 Å². The molecular formula is C18H27ClN2O2S. The third-order valence-corrected chi connectivity index (χ3v) is 7.34. The Morgan fingerprint density at radius 3 is 2.08 bits per heavy atom. The molecule has 24 heavy (non-hydrogen) atoms. The van der Waals surface area contributed by atoms with Crippen LogP contribution in [0.5, 0.6) is 0 Å². The van der Waals surface area contributed by atoms with Gasteiger partial charge in [-0.2, -0.15) is 0 Å². The summed E-state index contributed by atoms with van der Waals surface area (Å²) < 4.78 is 27.0. The summed E-state index contributed by atoms with van der Waals surface area (Å²) in [5, 5.41) is 0.634. The largest absolute Gasteiger partial charge is 0.300 e. The minimum atomic E-state index is -3.24. The Kier molecular flexibility index (Phi) is 6.19. The molecule has 0 atom stereocenters. The second-order valence-corrected chi connectivity index (χ2v) is 9.37. The monoisotopic (exact) mass is 370 g/mol. The van der Waals surface area contributed by atoms with Crippen molar-refractivity contribution in [2.45, 2.75) is 50.3 Å². The molecule has 2 saturated heterocycles. The lowest BCUT2D eigenvalue weighted by molar-refractivity contribution is 0.143. The van der Waals surface area contributed by atoms with Crippen LogP contribution in [0.4, 0.5) is 0 Å². The molecule has 0 unspecified atom stereocenters. The lowest BCUT2D eigenvalue weighted by atomic mass is 10.0. The Labute approximate surface area is 150 Å². The lowest BCUT2D eigenvalue weighted by Crippen LogP contribution is -2.47. The van der Waals surface area contributed by atoms with Gasteiger partial charge >= 0.3 is 0 Å². The molecule has 2 fully saturated rings. The maximum absolute atomic E-state index is 12.7. The van der Waals surface area contributed by atoms with Crippen molar-refractivity contribution in [2.75, 3.05) is 26.2 Å². The van der Waals surface area contributed by atoms with E-state index in [-0.39, 0.29) is 5.75 Å². The van der Waals surface area contributed by atoms with E-state index in [2.05, 4.69) is 4.90 Å². The molecule has 0 saturated carbocycles. The van der Waals surface area contributed by atoms with Crippen molar-refractivity contribution in [2.24, 2.45) is 0 Å². The fourth-order valence-electron chi connectivity index (χ4n) is 3.83. The van der Waals surface area contributed by atoms with Crippen LogP contribution in [0.3, 0.4) is 0 Å². The molecule has 134 valence electrons. The van der Waals surface area contributed by atoms with Crippen LogP contribution in [0.15, 0.2) is 24.3 Å². The van der Waals surface area contributed by atoms with Crippen molar-refractivity contribution < 1.29 is 8.42 Å². The van der Waals surface area contributed by atoms with Crippen LogP contribution in [0.2, 0.25) is 5.02 Å². The highest BCUT2D eigenvalue weighted by molar-refractivity contribution is 7.88. The van der Waals surface area contributed by atoms with Gasteiger partial charge in [0.15, 0.2) is 0 Å². The first-order valence-electron chi connectivity index (χ1n) is 9.01. The Bertz CT molecular complexity index is 617. The summed E-state index contributed by atoms with van der Waals surface area (Å²) in [6.07, 6.45) is 7.17. The number of benzene rings is 1. The standard InChI is InChI=1S/C18H27ClN2O2S/c19-17-7-5-16(6-8-17)15-24(22,23)21-13-9-18(10-14-21)20-11-3-1-2-4-12-20/h5-8,18H,1-4,9-15H2. The van der Waals surface area contributed by atoms with E-state index in [0.29, 0.717) is 24.2 Å². The Hall–Kier alpha value is -0.620. The molecule has 4 nitrogen and oxygen atoms in total. The first kappa shape index (κ1) is 18.2. The van der Waals surface area contributed by atoms with Gasteiger partial charge in [0.05, 0.1) is 5.75 Å². The van der Waals surface area contributed by atoms with Gasteiger partial charge in [-0.25, -0.2) is 12.7 Å². The molecule has 0 bridgehead atoms. The predicted molar refractivity (Wildman–Crippen MR) is 98.7 cm³/mol. The zero-order valence-electron chi connectivity index (χ0n) is 14.2. The number of hydrogen-bond acceptors (Lipinski definition) is 3. The van der Waals surface area contributed by atoms with Crippen LogP contribution in [-0.2, 0) is 15.8 Å². The molecule has 3 rings (SSSR count). The van der Waals surface area contributed by atoms with Crippen LogP contribution in [0.25, 0.3) is 0 Å². The van der Waals surface area contributed by atoms with E-state index >= 15 is 0 Å². The highest BCUT2D eigenvalue weighted by atomic mass is 35.5. The second-order valence-electron chi connectivity index (χ2n) is 6.96. The molecular weight excluding hydrogens is 344 g/mol. The van der Waals surface area contributed by atoms with E-state index in [1.165, 1.54) is 38.8 Å². The van der Waals surface area contributed by atoms with Gasteiger partial charge in [0.1, 0.15) is 0 Å². The molecule has 1 aromatic carbocycles. The predicted octanol–water partition coefficient (Wildman–Crippen LogP) is 3.51. The number of hydrogen-bond donors (Lipinski definition) is 0. The van der Waals surface area contributed by atoms with Crippen molar-refractivity contribution in [3.8, 4) is 0 Å². The smallest absolute Gasteiger partial charge is 0.218 e. The third-order valence-electron chi connectivity index (χ3n) is 5.24. The maximum atomic E-state index is 12.7. The number of halogens is 1. The second kappa shape index (κ2) is 8.17. The summed E-state index contributed by atoms with van der Waals surface area (Å²) in [5.74, 6) is 0.0680. The normalized spacial score (nSPS) is 22.4. The van der Waals surface area contributed by atoms with Gasteiger partial charge in [-0.05, 0) is 56.5 Å². The number of nitrogens with zero attached hydrogens (tertiary/aromatic N) is 2. The topological polar surface area (TPSA) is 40.6 Å². The molecule has 0 aromatic heterocycles. The van der Waals surface area contributed by atoms with Crippen molar-refractivity contribution >= 4 is 21.6 Å². The summed E-state index contributed by atoms with van der Waals surface area (Å²) in [6, 6.07) is 7.65. The zero-order valence-corrected chi connectivity index (χ0v) is 15.7. The Morgan fingerprint density at radius 1 is 0.917 bits per heavy atom. The first-order valence-corrected chi connectivity index (χ1v) is 11.0. The fourth-order valence-corrected chi connectivity index (χ4v) is 5.52. The molecule has 0 spiro atoms. The van der Waals surface area contributed by atoms with Crippen LogP contribution in [0.1, 0.15) is 44.1 Å². The Balaban J connectivity index is 1.55. The minimum Gasteiger partial charge on any atom is -0.300 e. The lowest BCUT2D eigenvalue weighted by Gasteiger charge is -2.37. The van der Waals surface area contributed by atoms with Crippen molar-refractivity contribution in [3.63, 3.8) is 0 Å². The summed E-state index contributed by atoms with van der Waals surface area (Å²) in [7, 11) is -3.24. The molecule has 0 aliphatic carbocycles. The Morgan fingerprint density at radius 2 is 1.50 bits per heavy atom. The van der Waals surface area contributed by atoms with E-state index < -0.39 is 10.0 Å². The molecule has 0 radical (unpaired) electrons. The van der Waals surface area contributed by atoms with E-state index in [9.17, 15) is 8.42 Å². The van der Waals surface area contributed by atoms with Crippen LogP contribution < -0.4 is 0 Å². The molecule has 0 amide bonds. The molecule has 6 heteroatoms. The SMILES string of the molecule is O=S(=O)(Cc1ccc(Cl)cc1)N1CCC(N2CCCCCC2)CC1.